The first-order valence-corrected chi connectivity index (χ1v) is 8.26. The molecule has 1 aliphatic heterocycles. The zero-order valence-corrected chi connectivity index (χ0v) is 13.9. The van der Waals surface area contributed by atoms with Crippen LogP contribution < -0.4 is 4.74 Å². The molecule has 3 rings (SSSR count). The summed E-state index contributed by atoms with van der Waals surface area (Å²) in [6, 6.07) is 8.58. The fourth-order valence-electron chi connectivity index (χ4n) is 3.07. The third-order valence-corrected chi connectivity index (χ3v) is 4.63. The molecule has 126 valence electrons. The van der Waals surface area contributed by atoms with Crippen LogP contribution in [0.5, 0.6) is 5.75 Å². The van der Waals surface area contributed by atoms with Gasteiger partial charge in [0.2, 0.25) is 0 Å². The van der Waals surface area contributed by atoms with Crippen LogP contribution in [0.2, 0.25) is 0 Å². The predicted octanol–water partition coefficient (Wildman–Crippen LogP) is 4.55. The summed E-state index contributed by atoms with van der Waals surface area (Å²) in [7, 11) is 0. The van der Waals surface area contributed by atoms with Gasteiger partial charge in [0.15, 0.2) is 11.6 Å². The minimum Gasteiger partial charge on any atom is -0.423 e. The summed E-state index contributed by atoms with van der Waals surface area (Å²) >= 11 is 0. The number of ether oxygens (including phenoxy) is 1. The Morgan fingerprint density at radius 1 is 1.12 bits per heavy atom. The molecule has 2 nitrogen and oxygen atoms in total. The topological polar surface area (TPSA) is 26.3 Å². The van der Waals surface area contributed by atoms with E-state index in [1.165, 1.54) is 6.07 Å². The molecule has 0 aliphatic carbocycles. The normalized spacial score (nSPS) is 16.7. The number of hydrogen-bond acceptors (Lipinski definition) is 2. The summed E-state index contributed by atoms with van der Waals surface area (Å²) in [5, 5.41) is 0. The lowest BCUT2D eigenvalue weighted by atomic mass is 9.92. The minimum absolute atomic E-state index is 0.0478. The second kappa shape index (κ2) is 6.71. The van der Waals surface area contributed by atoms with Crippen LogP contribution in [0.15, 0.2) is 30.3 Å². The zero-order chi connectivity index (χ0) is 17.3. The maximum absolute atomic E-state index is 14.7. The van der Waals surface area contributed by atoms with Crippen LogP contribution in [-0.4, -0.2) is 5.97 Å². The van der Waals surface area contributed by atoms with Crippen molar-refractivity contribution in [3.8, 4) is 5.75 Å². The molecule has 4 heteroatoms. The molecular formula is C20H20F2O2. The fraction of sp³-hybridized carbons (Fsp3) is 0.350. The van der Waals surface area contributed by atoms with E-state index in [9.17, 15) is 13.6 Å². The first-order valence-electron chi connectivity index (χ1n) is 8.26. The third kappa shape index (κ3) is 3.18. The number of carbonyl (C=O) groups excluding carboxylic acids is 1. The van der Waals surface area contributed by atoms with Crippen molar-refractivity contribution in [1.82, 2.24) is 0 Å². The molecule has 0 radical (unpaired) electrons. The quantitative estimate of drug-likeness (QED) is 0.607. The molecule has 1 unspecified atom stereocenters. The van der Waals surface area contributed by atoms with E-state index in [-0.39, 0.29) is 23.5 Å². The number of rotatable bonds is 4. The van der Waals surface area contributed by atoms with Crippen molar-refractivity contribution in [1.29, 1.82) is 0 Å². The number of carbonyl (C=O) groups is 1. The Balaban J connectivity index is 1.80. The van der Waals surface area contributed by atoms with Gasteiger partial charge < -0.3 is 4.74 Å². The van der Waals surface area contributed by atoms with E-state index in [2.05, 4.69) is 0 Å². The van der Waals surface area contributed by atoms with Crippen LogP contribution >= 0.6 is 0 Å². The van der Waals surface area contributed by atoms with E-state index >= 15 is 0 Å². The van der Waals surface area contributed by atoms with Gasteiger partial charge in [-0.2, -0.15) is 0 Å². The second-order valence-electron chi connectivity index (χ2n) is 6.35. The Labute approximate surface area is 140 Å². The molecule has 0 aromatic heterocycles. The summed E-state index contributed by atoms with van der Waals surface area (Å²) < 4.78 is 33.8. The number of hydrogen-bond donors (Lipinski definition) is 0. The van der Waals surface area contributed by atoms with Gasteiger partial charge in [-0.05, 0) is 60.9 Å². The molecule has 0 bridgehead atoms. The minimum atomic E-state index is -0.497. The van der Waals surface area contributed by atoms with Crippen molar-refractivity contribution in [3.05, 3.63) is 64.2 Å². The average molecular weight is 330 g/mol. The van der Waals surface area contributed by atoms with Crippen LogP contribution in [0, 0.1) is 24.5 Å². The van der Waals surface area contributed by atoms with E-state index in [0.29, 0.717) is 36.8 Å². The highest BCUT2D eigenvalue weighted by atomic mass is 19.1. The van der Waals surface area contributed by atoms with E-state index in [1.54, 1.807) is 12.1 Å². The molecule has 2 aromatic rings. The van der Waals surface area contributed by atoms with E-state index in [0.717, 1.165) is 11.1 Å². The molecule has 0 N–H and O–H groups in total. The van der Waals surface area contributed by atoms with Crippen LogP contribution in [0.1, 0.15) is 35.6 Å². The maximum Gasteiger partial charge on any atom is 0.314 e. The van der Waals surface area contributed by atoms with Gasteiger partial charge in [-0.1, -0.05) is 31.2 Å². The highest BCUT2D eigenvalue weighted by molar-refractivity contribution is 5.78. The Hall–Kier alpha value is -2.23. The molecule has 0 saturated carbocycles. The molecule has 2 aromatic carbocycles. The van der Waals surface area contributed by atoms with Crippen LogP contribution in [0.4, 0.5) is 8.78 Å². The molecular weight excluding hydrogens is 310 g/mol. The smallest absolute Gasteiger partial charge is 0.314 e. The van der Waals surface area contributed by atoms with Gasteiger partial charge >= 0.3 is 5.97 Å². The van der Waals surface area contributed by atoms with E-state index < -0.39 is 5.82 Å². The predicted molar refractivity (Wildman–Crippen MR) is 88.1 cm³/mol. The molecule has 24 heavy (non-hydrogen) atoms. The van der Waals surface area contributed by atoms with Gasteiger partial charge in [0.25, 0.3) is 0 Å². The number of benzene rings is 2. The first kappa shape index (κ1) is 16.6. The van der Waals surface area contributed by atoms with Gasteiger partial charge in [0.1, 0.15) is 5.82 Å². The second-order valence-corrected chi connectivity index (χ2v) is 6.35. The lowest BCUT2D eigenvalue weighted by Gasteiger charge is -2.23. The molecule has 0 saturated heterocycles. The Morgan fingerprint density at radius 3 is 2.54 bits per heavy atom. The molecule has 1 aliphatic rings. The summed E-state index contributed by atoms with van der Waals surface area (Å²) in [6.45, 7) is 3.74. The van der Waals surface area contributed by atoms with Crippen molar-refractivity contribution in [3.63, 3.8) is 0 Å². The number of fused-ring (bicyclic) bond motifs is 1. The molecule has 0 amide bonds. The summed E-state index contributed by atoms with van der Waals surface area (Å²) in [6.07, 6.45) is 1.93. The highest BCUT2D eigenvalue weighted by Crippen LogP contribution is 2.34. The van der Waals surface area contributed by atoms with Crippen molar-refractivity contribution < 1.29 is 18.3 Å². The van der Waals surface area contributed by atoms with Gasteiger partial charge in [-0.3, -0.25) is 4.79 Å². The van der Waals surface area contributed by atoms with Gasteiger partial charge in [0, 0.05) is 0 Å². The zero-order valence-electron chi connectivity index (χ0n) is 13.9. The van der Waals surface area contributed by atoms with E-state index in [1.807, 2.05) is 26.0 Å². The standard InChI is InChI=1S/C20H20F2O2/c1-3-13-11-16-9-8-15(18(22)19(16)24-20(13)23)7-6-14-5-4-12(2)10-17(14)21/h4-5,8-10,13H,3,6-7,11H2,1-2H3. The SMILES string of the molecule is CCC1Cc2ccc(CCc3ccc(C)cc3F)c(F)c2OC1=O. The molecule has 0 fully saturated rings. The summed E-state index contributed by atoms with van der Waals surface area (Å²) in [5.41, 5.74) is 2.58. The van der Waals surface area contributed by atoms with Crippen molar-refractivity contribution in [2.45, 2.75) is 39.5 Å². The largest absolute Gasteiger partial charge is 0.423 e. The maximum atomic E-state index is 14.7. The third-order valence-electron chi connectivity index (χ3n) is 4.63. The Bertz CT molecular complexity index is 783. The van der Waals surface area contributed by atoms with Crippen molar-refractivity contribution in [2.75, 3.05) is 0 Å². The van der Waals surface area contributed by atoms with Crippen LogP contribution in [0.3, 0.4) is 0 Å². The van der Waals surface area contributed by atoms with Gasteiger partial charge in [0.05, 0.1) is 5.92 Å². The highest BCUT2D eigenvalue weighted by Gasteiger charge is 2.30. The van der Waals surface area contributed by atoms with Crippen molar-refractivity contribution in [2.24, 2.45) is 5.92 Å². The fourth-order valence-corrected chi connectivity index (χ4v) is 3.07. The van der Waals surface area contributed by atoms with Gasteiger partial charge in [-0.25, -0.2) is 8.78 Å². The van der Waals surface area contributed by atoms with E-state index in [4.69, 9.17) is 4.74 Å². The Kier molecular flexibility index (Phi) is 4.65. The first-order chi connectivity index (χ1) is 11.5. The number of halogens is 2. The van der Waals surface area contributed by atoms with Crippen LogP contribution in [0.25, 0.3) is 0 Å². The lowest BCUT2D eigenvalue weighted by molar-refractivity contribution is -0.140. The molecule has 1 atom stereocenters. The van der Waals surface area contributed by atoms with Crippen molar-refractivity contribution >= 4 is 5.97 Å². The average Bonchev–Trinajstić information content (AvgIpc) is 2.56. The number of aryl methyl sites for hydroxylation is 3. The van der Waals surface area contributed by atoms with Gasteiger partial charge in [-0.15, -0.1) is 0 Å². The number of esters is 1. The molecule has 1 heterocycles. The van der Waals surface area contributed by atoms with Crippen LogP contribution in [-0.2, 0) is 24.1 Å². The lowest BCUT2D eigenvalue weighted by Crippen LogP contribution is -2.28. The Morgan fingerprint density at radius 2 is 1.83 bits per heavy atom. The summed E-state index contributed by atoms with van der Waals surface area (Å²) in [5.74, 6) is -1.30. The monoisotopic (exact) mass is 330 g/mol. The summed E-state index contributed by atoms with van der Waals surface area (Å²) in [4.78, 5) is 11.9. The molecule has 0 spiro atoms.